The normalized spacial score (nSPS) is 12.3. The summed E-state index contributed by atoms with van der Waals surface area (Å²) in [5, 5.41) is 3.00. The van der Waals surface area contributed by atoms with Gasteiger partial charge in [-0.2, -0.15) is 0 Å². The van der Waals surface area contributed by atoms with E-state index in [1.165, 1.54) is 7.11 Å². The second-order valence-electron chi connectivity index (χ2n) is 6.30. The Bertz CT molecular complexity index is 681. The van der Waals surface area contributed by atoms with Crippen molar-refractivity contribution in [2.45, 2.75) is 26.3 Å². The zero-order chi connectivity index (χ0) is 17.6. The van der Waals surface area contributed by atoms with E-state index < -0.39 is 5.41 Å². The van der Waals surface area contributed by atoms with Gasteiger partial charge in [0.1, 0.15) is 0 Å². The van der Waals surface area contributed by atoms with Crippen molar-refractivity contribution in [2.75, 3.05) is 7.11 Å². The molecule has 0 aromatic heterocycles. The Morgan fingerprint density at radius 1 is 1.00 bits per heavy atom. The number of esters is 1. The lowest BCUT2D eigenvalue weighted by atomic mass is 9.80. The van der Waals surface area contributed by atoms with Gasteiger partial charge < -0.3 is 10.1 Å². The van der Waals surface area contributed by atoms with Gasteiger partial charge in [-0.3, -0.25) is 9.59 Å². The lowest BCUT2D eigenvalue weighted by Crippen LogP contribution is -2.50. The fourth-order valence-electron chi connectivity index (χ4n) is 2.57. The van der Waals surface area contributed by atoms with E-state index in [0.717, 1.165) is 5.56 Å². The first-order valence-electron chi connectivity index (χ1n) is 7.93. The SMILES string of the molecule is COC(=O)C(C)(C)C(Cc1ccccc1)NC(=O)c1ccccc1. The Morgan fingerprint density at radius 3 is 2.08 bits per heavy atom. The van der Waals surface area contributed by atoms with Gasteiger partial charge in [0.2, 0.25) is 0 Å². The lowest BCUT2D eigenvalue weighted by Gasteiger charge is -2.32. The summed E-state index contributed by atoms with van der Waals surface area (Å²) in [7, 11) is 1.36. The van der Waals surface area contributed by atoms with Gasteiger partial charge in [-0.05, 0) is 38.0 Å². The third kappa shape index (κ3) is 4.22. The van der Waals surface area contributed by atoms with Gasteiger partial charge >= 0.3 is 5.97 Å². The Morgan fingerprint density at radius 2 is 1.54 bits per heavy atom. The van der Waals surface area contributed by atoms with Crippen LogP contribution < -0.4 is 5.32 Å². The van der Waals surface area contributed by atoms with E-state index in [4.69, 9.17) is 4.74 Å². The first-order chi connectivity index (χ1) is 11.4. The second kappa shape index (κ2) is 7.77. The molecule has 0 aliphatic carbocycles. The molecule has 2 rings (SSSR count). The van der Waals surface area contributed by atoms with Crippen LogP contribution in [0.25, 0.3) is 0 Å². The van der Waals surface area contributed by atoms with E-state index in [9.17, 15) is 9.59 Å². The van der Waals surface area contributed by atoms with E-state index in [1.807, 2.05) is 48.5 Å². The fourth-order valence-corrected chi connectivity index (χ4v) is 2.57. The van der Waals surface area contributed by atoms with Crippen LogP contribution in [0.15, 0.2) is 60.7 Å². The monoisotopic (exact) mass is 325 g/mol. The summed E-state index contributed by atoms with van der Waals surface area (Å²) in [5.41, 5.74) is 0.763. The van der Waals surface area contributed by atoms with Crippen molar-refractivity contribution in [1.82, 2.24) is 5.32 Å². The summed E-state index contributed by atoms with van der Waals surface area (Å²) >= 11 is 0. The largest absolute Gasteiger partial charge is 0.469 e. The molecule has 2 aromatic rings. The predicted molar refractivity (Wildman–Crippen MR) is 93.6 cm³/mol. The molecule has 0 radical (unpaired) electrons. The average Bonchev–Trinajstić information content (AvgIpc) is 2.61. The number of methoxy groups -OCH3 is 1. The molecule has 4 nitrogen and oxygen atoms in total. The molecule has 0 aliphatic heterocycles. The van der Waals surface area contributed by atoms with Crippen molar-refractivity contribution in [3.05, 3.63) is 71.8 Å². The van der Waals surface area contributed by atoms with Gasteiger partial charge in [-0.15, -0.1) is 0 Å². The minimum absolute atomic E-state index is 0.200. The van der Waals surface area contributed by atoms with Gasteiger partial charge in [-0.25, -0.2) is 0 Å². The molecule has 0 bridgehead atoms. The van der Waals surface area contributed by atoms with Crippen LogP contribution in [0.5, 0.6) is 0 Å². The standard InChI is InChI=1S/C20H23NO3/c1-20(2,19(23)24-3)17(14-15-10-6-4-7-11-15)21-18(22)16-12-8-5-9-13-16/h4-13,17H,14H2,1-3H3,(H,21,22). The van der Waals surface area contributed by atoms with E-state index in [-0.39, 0.29) is 17.9 Å². The van der Waals surface area contributed by atoms with Crippen LogP contribution in [0.2, 0.25) is 0 Å². The van der Waals surface area contributed by atoms with Crippen LogP contribution in [0.1, 0.15) is 29.8 Å². The average molecular weight is 325 g/mol. The van der Waals surface area contributed by atoms with Gasteiger partial charge in [-0.1, -0.05) is 48.5 Å². The zero-order valence-electron chi connectivity index (χ0n) is 14.3. The summed E-state index contributed by atoms with van der Waals surface area (Å²) in [6.07, 6.45) is 0.543. The third-order valence-corrected chi connectivity index (χ3v) is 4.21. The maximum Gasteiger partial charge on any atom is 0.313 e. The molecule has 1 amide bonds. The molecule has 2 aromatic carbocycles. The number of hydrogen-bond donors (Lipinski definition) is 1. The summed E-state index contributed by atoms with van der Waals surface area (Å²) < 4.78 is 4.93. The number of benzene rings is 2. The quantitative estimate of drug-likeness (QED) is 0.830. The van der Waals surface area contributed by atoms with Crippen molar-refractivity contribution in [2.24, 2.45) is 5.41 Å². The number of ether oxygens (including phenoxy) is 1. The van der Waals surface area contributed by atoms with Crippen LogP contribution >= 0.6 is 0 Å². The van der Waals surface area contributed by atoms with E-state index >= 15 is 0 Å². The van der Waals surface area contributed by atoms with Gasteiger partial charge in [0.25, 0.3) is 5.91 Å². The molecular weight excluding hydrogens is 302 g/mol. The number of hydrogen-bond acceptors (Lipinski definition) is 3. The Hall–Kier alpha value is -2.62. The number of carbonyl (C=O) groups excluding carboxylic acids is 2. The fraction of sp³-hybridized carbons (Fsp3) is 0.300. The zero-order valence-corrected chi connectivity index (χ0v) is 14.3. The maximum atomic E-state index is 12.5. The van der Waals surface area contributed by atoms with E-state index in [0.29, 0.717) is 12.0 Å². The molecule has 4 heteroatoms. The molecule has 0 heterocycles. The van der Waals surface area contributed by atoms with Crippen LogP contribution in [0.3, 0.4) is 0 Å². The Kier molecular flexibility index (Phi) is 5.74. The smallest absolute Gasteiger partial charge is 0.313 e. The molecule has 0 fully saturated rings. The highest BCUT2D eigenvalue weighted by Crippen LogP contribution is 2.26. The van der Waals surface area contributed by atoms with E-state index in [2.05, 4.69) is 5.32 Å². The summed E-state index contributed by atoms with van der Waals surface area (Å²) in [6.45, 7) is 3.58. The van der Waals surface area contributed by atoms with Gasteiger partial charge in [0.15, 0.2) is 0 Å². The van der Waals surface area contributed by atoms with Crippen LogP contribution in [0, 0.1) is 5.41 Å². The molecule has 24 heavy (non-hydrogen) atoms. The molecule has 1 atom stereocenters. The Balaban J connectivity index is 2.25. The first-order valence-corrected chi connectivity index (χ1v) is 7.93. The van der Waals surface area contributed by atoms with Crippen molar-refractivity contribution >= 4 is 11.9 Å². The number of amides is 1. The molecule has 126 valence electrons. The summed E-state index contributed by atoms with van der Waals surface area (Å²) in [4.78, 5) is 24.7. The lowest BCUT2D eigenvalue weighted by molar-refractivity contribution is -0.152. The molecule has 0 spiro atoms. The minimum atomic E-state index is -0.852. The first kappa shape index (κ1) is 17.7. The molecule has 0 saturated heterocycles. The highest BCUT2D eigenvalue weighted by Gasteiger charge is 2.39. The van der Waals surface area contributed by atoms with E-state index in [1.54, 1.807) is 26.0 Å². The third-order valence-electron chi connectivity index (χ3n) is 4.21. The van der Waals surface area contributed by atoms with Crippen LogP contribution in [-0.4, -0.2) is 25.0 Å². The topological polar surface area (TPSA) is 55.4 Å². The minimum Gasteiger partial charge on any atom is -0.469 e. The molecule has 1 N–H and O–H groups in total. The van der Waals surface area contributed by atoms with Crippen LogP contribution in [-0.2, 0) is 16.0 Å². The van der Waals surface area contributed by atoms with Crippen molar-refractivity contribution in [3.8, 4) is 0 Å². The molecule has 0 aliphatic rings. The summed E-state index contributed by atoms with van der Waals surface area (Å²) in [5.74, 6) is -0.551. The highest BCUT2D eigenvalue weighted by molar-refractivity contribution is 5.94. The van der Waals surface area contributed by atoms with Crippen molar-refractivity contribution < 1.29 is 14.3 Å². The molecule has 1 unspecified atom stereocenters. The number of rotatable bonds is 6. The molecule has 0 saturated carbocycles. The highest BCUT2D eigenvalue weighted by atomic mass is 16.5. The molecular formula is C20H23NO3. The Labute approximate surface area is 142 Å². The van der Waals surface area contributed by atoms with Gasteiger partial charge in [0.05, 0.1) is 12.5 Å². The number of nitrogens with one attached hydrogen (secondary N) is 1. The summed E-state index contributed by atoms with van der Waals surface area (Å²) in [6, 6.07) is 18.4. The van der Waals surface area contributed by atoms with Gasteiger partial charge in [0, 0.05) is 11.6 Å². The second-order valence-corrected chi connectivity index (χ2v) is 6.30. The predicted octanol–water partition coefficient (Wildman–Crippen LogP) is 3.23. The van der Waals surface area contributed by atoms with Crippen molar-refractivity contribution in [3.63, 3.8) is 0 Å². The van der Waals surface area contributed by atoms with Crippen LogP contribution in [0.4, 0.5) is 0 Å². The number of carbonyl (C=O) groups is 2. The van der Waals surface area contributed by atoms with Crippen molar-refractivity contribution in [1.29, 1.82) is 0 Å². The maximum absolute atomic E-state index is 12.5.